The quantitative estimate of drug-likeness (QED) is 0.820. The normalized spacial score (nSPS) is 12.2. The van der Waals surface area contributed by atoms with Crippen molar-refractivity contribution in [1.82, 2.24) is 4.98 Å². The van der Waals surface area contributed by atoms with Crippen molar-refractivity contribution in [3.05, 3.63) is 23.4 Å². The Morgan fingerprint density at radius 2 is 2.18 bits per heavy atom. The maximum atomic E-state index is 11.9. The van der Waals surface area contributed by atoms with Crippen LogP contribution in [-0.2, 0) is 4.79 Å². The molecule has 0 saturated heterocycles. The summed E-state index contributed by atoms with van der Waals surface area (Å²) in [7, 11) is 0. The lowest BCUT2D eigenvalue weighted by molar-refractivity contribution is -0.119. The molecule has 94 valence electrons. The molecule has 4 heteroatoms. The molecule has 0 bridgehead atoms. The first-order valence-electron chi connectivity index (χ1n) is 6.03. The smallest absolute Gasteiger partial charge is 0.229 e. The minimum absolute atomic E-state index is 0.0353. The third kappa shape index (κ3) is 4.15. The first-order valence-corrected chi connectivity index (χ1v) is 6.03. The van der Waals surface area contributed by atoms with Crippen LogP contribution in [0.25, 0.3) is 0 Å². The number of carbonyl (C=O) groups is 1. The number of hydrogen-bond acceptors (Lipinski definition) is 3. The van der Waals surface area contributed by atoms with E-state index in [2.05, 4.69) is 10.3 Å². The van der Waals surface area contributed by atoms with Gasteiger partial charge in [-0.15, -0.1) is 0 Å². The number of rotatable bonds is 5. The predicted molar refractivity (Wildman–Crippen MR) is 69.8 cm³/mol. The highest BCUT2D eigenvalue weighted by Crippen LogP contribution is 2.12. The van der Waals surface area contributed by atoms with Crippen LogP contribution in [0.15, 0.2) is 12.1 Å². The van der Waals surface area contributed by atoms with E-state index in [1.807, 2.05) is 32.9 Å². The summed E-state index contributed by atoms with van der Waals surface area (Å²) in [5, 5.41) is 2.83. The summed E-state index contributed by atoms with van der Waals surface area (Å²) in [5.41, 5.74) is 7.59. The first kappa shape index (κ1) is 13.6. The largest absolute Gasteiger partial charge is 0.330 e. The number of aromatic nitrogens is 1. The maximum absolute atomic E-state index is 11.9. The van der Waals surface area contributed by atoms with Crippen LogP contribution in [-0.4, -0.2) is 17.4 Å². The minimum atomic E-state index is -0.123. The SMILES string of the molecule is CCCC(CN)C(=O)Nc1cc(C)cc(C)n1. The molecule has 0 saturated carbocycles. The van der Waals surface area contributed by atoms with Crippen molar-refractivity contribution in [2.24, 2.45) is 11.7 Å². The molecule has 3 N–H and O–H groups in total. The number of aryl methyl sites for hydroxylation is 2. The number of amides is 1. The van der Waals surface area contributed by atoms with Crippen molar-refractivity contribution < 1.29 is 4.79 Å². The molecule has 0 aromatic carbocycles. The van der Waals surface area contributed by atoms with E-state index in [0.717, 1.165) is 24.1 Å². The summed E-state index contributed by atoms with van der Waals surface area (Å²) < 4.78 is 0. The van der Waals surface area contributed by atoms with Crippen LogP contribution in [0.4, 0.5) is 5.82 Å². The van der Waals surface area contributed by atoms with E-state index in [1.54, 1.807) is 0 Å². The summed E-state index contributed by atoms with van der Waals surface area (Å²) in [6.07, 6.45) is 1.77. The lowest BCUT2D eigenvalue weighted by Gasteiger charge is -2.13. The number of nitrogens with two attached hydrogens (primary N) is 1. The van der Waals surface area contributed by atoms with Gasteiger partial charge in [-0.3, -0.25) is 4.79 Å². The number of nitrogens with zero attached hydrogens (tertiary/aromatic N) is 1. The molecule has 1 heterocycles. The van der Waals surface area contributed by atoms with Crippen LogP contribution in [0.2, 0.25) is 0 Å². The van der Waals surface area contributed by atoms with Crippen LogP contribution in [0.1, 0.15) is 31.0 Å². The molecule has 0 fully saturated rings. The van der Waals surface area contributed by atoms with Gasteiger partial charge in [-0.1, -0.05) is 13.3 Å². The summed E-state index contributed by atoms with van der Waals surface area (Å²) in [4.78, 5) is 16.2. The molecule has 0 spiro atoms. The maximum Gasteiger partial charge on any atom is 0.229 e. The Morgan fingerprint density at radius 3 is 2.71 bits per heavy atom. The first-order chi connectivity index (χ1) is 8.06. The summed E-state index contributed by atoms with van der Waals surface area (Å²) in [6.45, 7) is 6.32. The molecule has 1 unspecified atom stereocenters. The highest BCUT2D eigenvalue weighted by atomic mass is 16.1. The highest BCUT2D eigenvalue weighted by molar-refractivity contribution is 5.91. The van der Waals surface area contributed by atoms with Gasteiger partial charge in [0.1, 0.15) is 5.82 Å². The Balaban J connectivity index is 2.72. The van der Waals surface area contributed by atoms with E-state index >= 15 is 0 Å². The van der Waals surface area contributed by atoms with Gasteiger partial charge in [0.2, 0.25) is 5.91 Å². The Kier molecular flexibility index (Phi) is 5.10. The van der Waals surface area contributed by atoms with Crippen molar-refractivity contribution in [3.8, 4) is 0 Å². The third-order valence-corrected chi connectivity index (χ3v) is 2.64. The molecule has 17 heavy (non-hydrogen) atoms. The number of nitrogens with one attached hydrogen (secondary N) is 1. The molecular weight excluding hydrogens is 214 g/mol. The van der Waals surface area contributed by atoms with Gasteiger partial charge in [-0.25, -0.2) is 4.98 Å². The van der Waals surface area contributed by atoms with Gasteiger partial charge < -0.3 is 11.1 Å². The molecule has 1 amide bonds. The van der Waals surface area contributed by atoms with Gasteiger partial charge in [0.05, 0.1) is 5.92 Å². The van der Waals surface area contributed by atoms with Crippen LogP contribution >= 0.6 is 0 Å². The fourth-order valence-corrected chi connectivity index (χ4v) is 1.84. The Bertz CT molecular complexity index is 370. The van der Waals surface area contributed by atoms with Gasteiger partial charge in [0, 0.05) is 12.2 Å². The zero-order valence-electron chi connectivity index (χ0n) is 10.8. The zero-order chi connectivity index (χ0) is 12.8. The number of carbonyl (C=O) groups excluding carboxylic acids is 1. The molecule has 1 aromatic rings. The Hall–Kier alpha value is -1.42. The van der Waals surface area contributed by atoms with Gasteiger partial charge in [0.15, 0.2) is 0 Å². The van der Waals surface area contributed by atoms with Crippen LogP contribution < -0.4 is 11.1 Å². The molecule has 1 atom stereocenters. The molecule has 0 aliphatic carbocycles. The second kappa shape index (κ2) is 6.35. The predicted octanol–water partition coefficient (Wildman–Crippen LogP) is 2.01. The molecular formula is C13H21N3O. The summed E-state index contributed by atoms with van der Waals surface area (Å²) in [6, 6.07) is 3.84. The van der Waals surface area contributed by atoms with Crippen molar-refractivity contribution in [1.29, 1.82) is 0 Å². The number of hydrogen-bond donors (Lipinski definition) is 2. The topological polar surface area (TPSA) is 68.0 Å². The van der Waals surface area contributed by atoms with Crippen molar-refractivity contribution >= 4 is 11.7 Å². The number of anilines is 1. The highest BCUT2D eigenvalue weighted by Gasteiger charge is 2.16. The molecule has 0 radical (unpaired) electrons. The standard InChI is InChI=1S/C13H21N3O/c1-4-5-11(8-14)13(17)16-12-7-9(2)6-10(3)15-12/h6-7,11H,4-5,8,14H2,1-3H3,(H,15,16,17). The van der Waals surface area contributed by atoms with Crippen LogP contribution in [0, 0.1) is 19.8 Å². The van der Waals surface area contributed by atoms with Crippen LogP contribution in [0.5, 0.6) is 0 Å². The van der Waals surface area contributed by atoms with Crippen LogP contribution in [0.3, 0.4) is 0 Å². The van der Waals surface area contributed by atoms with Gasteiger partial charge in [-0.2, -0.15) is 0 Å². The molecule has 4 nitrogen and oxygen atoms in total. The van der Waals surface area contributed by atoms with Gasteiger partial charge >= 0.3 is 0 Å². The van der Waals surface area contributed by atoms with E-state index in [9.17, 15) is 4.79 Å². The van der Waals surface area contributed by atoms with E-state index in [4.69, 9.17) is 5.73 Å². The molecule has 0 aliphatic rings. The second-order valence-electron chi connectivity index (χ2n) is 4.38. The average Bonchev–Trinajstić information content (AvgIpc) is 2.24. The lowest BCUT2D eigenvalue weighted by Crippen LogP contribution is -2.29. The minimum Gasteiger partial charge on any atom is -0.330 e. The molecule has 1 rings (SSSR count). The van der Waals surface area contributed by atoms with E-state index in [-0.39, 0.29) is 11.8 Å². The Morgan fingerprint density at radius 1 is 1.47 bits per heavy atom. The second-order valence-corrected chi connectivity index (χ2v) is 4.38. The third-order valence-electron chi connectivity index (χ3n) is 2.64. The fourth-order valence-electron chi connectivity index (χ4n) is 1.84. The molecule has 1 aromatic heterocycles. The Labute approximate surface area is 103 Å². The van der Waals surface area contributed by atoms with Crippen molar-refractivity contribution in [3.63, 3.8) is 0 Å². The lowest BCUT2D eigenvalue weighted by atomic mass is 10.0. The molecule has 0 aliphatic heterocycles. The van der Waals surface area contributed by atoms with Gasteiger partial charge in [-0.05, 0) is 38.0 Å². The van der Waals surface area contributed by atoms with Crippen molar-refractivity contribution in [2.45, 2.75) is 33.6 Å². The number of pyridine rings is 1. The van der Waals surface area contributed by atoms with E-state index in [1.165, 1.54) is 0 Å². The van der Waals surface area contributed by atoms with E-state index < -0.39 is 0 Å². The summed E-state index contributed by atoms with van der Waals surface area (Å²) in [5.74, 6) is 0.455. The van der Waals surface area contributed by atoms with E-state index in [0.29, 0.717) is 12.4 Å². The van der Waals surface area contributed by atoms with Crippen molar-refractivity contribution in [2.75, 3.05) is 11.9 Å². The monoisotopic (exact) mass is 235 g/mol. The average molecular weight is 235 g/mol. The van der Waals surface area contributed by atoms with Gasteiger partial charge in [0.25, 0.3) is 0 Å². The zero-order valence-corrected chi connectivity index (χ0v) is 10.8. The summed E-state index contributed by atoms with van der Waals surface area (Å²) >= 11 is 0. The fraction of sp³-hybridized carbons (Fsp3) is 0.538.